The predicted molar refractivity (Wildman–Crippen MR) is 93.6 cm³/mol. The lowest BCUT2D eigenvalue weighted by atomic mass is 9.94. The first-order valence-electron chi connectivity index (χ1n) is 7.49. The van der Waals surface area contributed by atoms with Gasteiger partial charge in [-0.15, -0.1) is 11.3 Å². The van der Waals surface area contributed by atoms with E-state index in [0.29, 0.717) is 6.04 Å². The molecule has 21 heavy (non-hydrogen) atoms. The van der Waals surface area contributed by atoms with Gasteiger partial charge in [-0.1, -0.05) is 35.0 Å². The first-order valence-corrected chi connectivity index (χ1v) is 9.16. The standard InChI is InChI=1S/C17H21BrN2S/c1-2-15(19)17(12-4-3-5-14(18)10-12)20-8-6-16-13(11-20)7-9-21-16/h3-5,7,9-10,15,17H,2,6,8,11,19H2,1H3. The van der Waals surface area contributed by atoms with Crippen LogP contribution in [0.25, 0.3) is 0 Å². The normalized spacial score (nSPS) is 18.2. The van der Waals surface area contributed by atoms with Crippen LogP contribution < -0.4 is 5.73 Å². The van der Waals surface area contributed by atoms with Gasteiger partial charge >= 0.3 is 0 Å². The molecule has 0 saturated heterocycles. The number of thiophene rings is 1. The summed E-state index contributed by atoms with van der Waals surface area (Å²) in [5.41, 5.74) is 9.27. The van der Waals surface area contributed by atoms with Crippen molar-refractivity contribution < 1.29 is 0 Å². The van der Waals surface area contributed by atoms with Crippen LogP contribution in [0.1, 0.15) is 35.4 Å². The number of halogens is 1. The Labute approximate surface area is 139 Å². The van der Waals surface area contributed by atoms with E-state index in [-0.39, 0.29) is 6.04 Å². The second kappa shape index (κ2) is 6.61. The summed E-state index contributed by atoms with van der Waals surface area (Å²) in [6, 6.07) is 11.3. The molecule has 2 atom stereocenters. The van der Waals surface area contributed by atoms with Crippen molar-refractivity contribution >= 4 is 27.3 Å². The minimum atomic E-state index is 0.166. The van der Waals surface area contributed by atoms with Crippen molar-refractivity contribution in [1.29, 1.82) is 0 Å². The molecule has 4 heteroatoms. The van der Waals surface area contributed by atoms with Gasteiger partial charge in [0.05, 0.1) is 6.04 Å². The van der Waals surface area contributed by atoms with E-state index >= 15 is 0 Å². The largest absolute Gasteiger partial charge is 0.326 e. The number of hydrogen-bond acceptors (Lipinski definition) is 3. The lowest BCUT2D eigenvalue weighted by Crippen LogP contribution is -2.43. The molecular formula is C17H21BrN2S. The molecule has 1 aliphatic rings. The fourth-order valence-corrected chi connectivity index (χ4v) is 4.46. The van der Waals surface area contributed by atoms with Crippen molar-refractivity contribution in [2.24, 2.45) is 5.73 Å². The van der Waals surface area contributed by atoms with E-state index in [4.69, 9.17) is 5.73 Å². The van der Waals surface area contributed by atoms with Crippen LogP contribution in [-0.2, 0) is 13.0 Å². The molecule has 1 aliphatic heterocycles. The maximum atomic E-state index is 6.47. The fraction of sp³-hybridized carbons (Fsp3) is 0.412. The van der Waals surface area contributed by atoms with Gasteiger partial charge < -0.3 is 5.73 Å². The van der Waals surface area contributed by atoms with E-state index in [1.54, 1.807) is 4.88 Å². The topological polar surface area (TPSA) is 29.3 Å². The van der Waals surface area contributed by atoms with E-state index in [9.17, 15) is 0 Å². The molecule has 0 aliphatic carbocycles. The summed E-state index contributed by atoms with van der Waals surface area (Å²) in [7, 11) is 0. The first-order chi connectivity index (χ1) is 10.2. The summed E-state index contributed by atoms with van der Waals surface area (Å²) in [5.74, 6) is 0. The third-order valence-electron chi connectivity index (χ3n) is 4.30. The van der Waals surface area contributed by atoms with Crippen molar-refractivity contribution in [2.45, 2.75) is 38.4 Å². The number of hydrogen-bond donors (Lipinski definition) is 1. The van der Waals surface area contributed by atoms with Crippen LogP contribution >= 0.6 is 27.3 Å². The van der Waals surface area contributed by atoms with Gasteiger partial charge in [0, 0.05) is 28.5 Å². The quantitative estimate of drug-likeness (QED) is 0.873. The van der Waals surface area contributed by atoms with E-state index in [1.165, 1.54) is 11.1 Å². The molecule has 0 spiro atoms. The molecule has 0 saturated carbocycles. The van der Waals surface area contributed by atoms with Crippen LogP contribution in [0.2, 0.25) is 0 Å². The fourth-order valence-electron chi connectivity index (χ4n) is 3.15. The average Bonchev–Trinajstić information content (AvgIpc) is 2.95. The summed E-state index contributed by atoms with van der Waals surface area (Å²) in [6.07, 6.45) is 2.14. The highest BCUT2D eigenvalue weighted by atomic mass is 79.9. The summed E-state index contributed by atoms with van der Waals surface area (Å²) >= 11 is 5.47. The Kier molecular flexibility index (Phi) is 4.79. The van der Waals surface area contributed by atoms with E-state index in [2.05, 4.69) is 63.5 Å². The third kappa shape index (κ3) is 3.24. The monoisotopic (exact) mass is 364 g/mol. The predicted octanol–water partition coefficient (Wildman–Crippen LogP) is 4.35. The smallest absolute Gasteiger partial charge is 0.0503 e. The molecule has 0 fully saturated rings. The Hall–Kier alpha value is -0.680. The van der Waals surface area contributed by atoms with Gasteiger partial charge in [-0.25, -0.2) is 0 Å². The maximum absolute atomic E-state index is 6.47. The van der Waals surface area contributed by atoms with E-state index < -0.39 is 0 Å². The van der Waals surface area contributed by atoms with Crippen molar-refractivity contribution in [1.82, 2.24) is 4.90 Å². The molecule has 0 bridgehead atoms. The van der Waals surface area contributed by atoms with Crippen molar-refractivity contribution in [2.75, 3.05) is 6.54 Å². The van der Waals surface area contributed by atoms with Crippen LogP contribution in [-0.4, -0.2) is 17.5 Å². The van der Waals surface area contributed by atoms with Gasteiger partial charge in [-0.3, -0.25) is 4.90 Å². The van der Waals surface area contributed by atoms with Gasteiger partial charge in [0.15, 0.2) is 0 Å². The van der Waals surface area contributed by atoms with Gasteiger partial charge in [0.2, 0.25) is 0 Å². The van der Waals surface area contributed by atoms with Crippen LogP contribution in [0.15, 0.2) is 40.2 Å². The highest BCUT2D eigenvalue weighted by molar-refractivity contribution is 9.10. The second-order valence-corrected chi connectivity index (χ2v) is 7.58. The molecule has 2 N–H and O–H groups in total. The molecule has 1 aromatic heterocycles. The van der Waals surface area contributed by atoms with Gasteiger partial charge in [0.1, 0.15) is 0 Å². The second-order valence-electron chi connectivity index (χ2n) is 5.66. The molecule has 1 aromatic carbocycles. The van der Waals surface area contributed by atoms with E-state index in [1.807, 2.05) is 11.3 Å². The highest BCUT2D eigenvalue weighted by Gasteiger charge is 2.29. The molecule has 2 unspecified atom stereocenters. The minimum absolute atomic E-state index is 0.166. The van der Waals surface area contributed by atoms with Gasteiger partial charge in [-0.2, -0.15) is 0 Å². The Morgan fingerprint density at radius 3 is 3.00 bits per heavy atom. The summed E-state index contributed by atoms with van der Waals surface area (Å²) < 4.78 is 1.13. The van der Waals surface area contributed by atoms with Crippen LogP contribution in [0.4, 0.5) is 0 Å². The Bertz CT molecular complexity index is 610. The SMILES string of the molecule is CCC(N)C(c1cccc(Br)c1)N1CCc2sccc2C1. The zero-order valence-electron chi connectivity index (χ0n) is 12.3. The summed E-state index contributed by atoms with van der Waals surface area (Å²) in [6.45, 7) is 4.29. The lowest BCUT2D eigenvalue weighted by Gasteiger charge is -2.38. The zero-order valence-corrected chi connectivity index (χ0v) is 14.7. The summed E-state index contributed by atoms with van der Waals surface area (Å²) in [4.78, 5) is 4.09. The Morgan fingerprint density at radius 2 is 2.24 bits per heavy atom. The average molecular weight is 365 g/mol. The molecule has 2 heterocycles. The molecule has 112 valence electrons. The van der Waals surface area contributed by atoms with Crippen molar-refractivity contribution in [3.05, 3.63) is 56.2 Å². The molecule has 2 nitrogen and oxygen atoms in total. The lowest BCUT2D eigenvalue weighted by molar-refractivity contribution is 0.154. The van der Waals surface area contributed by atoms with Crippen molar-refractivity contribution in [3.63, 3.8) is 0 Å². The van der Waals surface area contributed by atoms with Crippen LogP contribution in [0.3, 0.4) is 0 Å². The van der Waals surface area contributed by atoms with Gasteiger partial charge in [-0.05, 0) is 47.5 Å². The van der Waals surface area contributed by atoms with Crippen molar-refractivity contribution in [3.8, 4) is 0 Å². The summed E-state index contributed by atoms with van der Waals surface area (Å²) in [5, 5.41) is 2.21. The molecule has 2 aromatic rings. The number of fused-ring (bicyclic) bond motifs is 1. The third-order valence-corrected chi connectivity index (χ3v) is 5.81. The Morgan fingerprint density at radius 1 is 1.38 bits per heavy atom. The first kappa shape index (κ1) is 15.2. The Balaban J connectivity index is 1.90. The maximum Gasteiger partial charge on any atom is 0.0503 e. The molecule has 3 rings (SSSR count). The number of nitrogens with zero attached hydrogens (tertiary/aromatic N) is 1. The van der Waals surface area contributed by atoms with Crippen LogP contribution in [0, 0.1) is 0 Å². The van der Waals surface area contributed by atoms with Gasteiger partial charge in [0.25, 0.3) is 0 Å². The van der Waals surface area contributed by atoms with Crippen LogP contribution in [0.5, 0.6) is 0 Å². The number of nitrogens with two attached hydrogens (primary N) is 1. The number of rotatable bonds is 4. The zero-order chi connectivity index (χ0) is 14.8. The minimum Gasteiger partial charge on any atom is -0.326 e. The number of benzene rings is 1. The van der Waals surface area contributed by atoms with E-state index in [0.717, 1.165) is 30.4 Å². The highest BCUT2D eigenvalue weighted by Crippen LogP contribution is 2.33. The molecule has 0 amide bonds. The molecule has 0 radical (unpaired) electrons. The molecular weight excluding hydrogens is 344 g/mol.